The number of fused-ring (bicyclic) bond motifs is 1. The number of benzene rings is 2. The molecule has 164 valence electrons. The molecule has 0 fully saturated rings. The van der Waals surface area contributed by atoms with E-state index in [1.54, 1.807) is 31.2 Å². The molecule has 2 aromatic carbocycles. The van der Waals surface area contributed by atoms with E-state index >= 15 is 0 Å². The Morgan fingerprint density at radius 1 is 1.06 bits per heavy atom. The highest BCUT2D eigenvalue weighted by molar-refractivity contribution is 7.89. The van der Waals surface area contributed by atoms with Gasteiger partial charge in [0.15, 0.2) is 6.10 Å². The highest BCUT2D eigenvalue weighted by atomic mass is 32.2. The normalized spacial score (nSPS) is 15.3. The third kappa shape index (κ3) is 5.80. The fourth-order valence-corrected chi connectivity index (χ4v) is 3.68. The largest absolute Gasteiger partial charge is 0.479 e. The highest BCUT2D eigenvalue weighted by Crippen LogP contribution is 2.32. The first kappa shape index (κ1) is 22.2. The minimum absolute atomic E-state index is 0.0431. The van der Waals surface area contributed by atoms with Crippen molar-refractivity contribution in [2.45, 2.75) is 24.8 Å². The molecule has 0 aliphatic carbocycles. The Bertz CT molecular complexity index is 1110. The van der Waals surface area contributed by atoms with E-state index in [0.717, 1.165) is 5.56 Å². The molecule has 1 aliphatic heterocycles. The zero-order valence-electron chi connectivity index (χ0n) is 16.9. The maximum Gasteiger partial charge on any atom is 0.265 e. The molecule has 3 rings (SSSR count). The number of hydrogen-bond donors (Lipinski definition) is 4. The number of aryl methyl sites for hydroxylation is 1. The number of rotatable bonds is 7. The smallest absolute Gasteiger partial charge is 0.265 e. The summed E-state index contributed by atoms with van der Waals surface area (Å²) in [6, 6.07) is 10.9. The van der Waals surface area contributed by atoms with Crippen LogP contribution in [0.4, 0.5) is 11.4 Å². The van der Waals surface area contributed by atoms with Crippen LogP contribution in [0.15, 0.2) is 47.4 Å². The highest BCUT2D eigenvalue weighted by Gasteiger charge is 2.23. The van der Waals surface area contributed by atoms with Gasteiger partial charge in [0.1, 0.15) is 5.75 Å². The molecule has 1 atom stereocenters. The number of sulfonamides is 1. The van der Waals surface area contributed by atoms with Crippen molar-refractivity contribution in [2.24, 2.45) is 0 Å². The van der Waals surface area contributed by atoms with Gasteiger partial charge in [-0.25, -0.2) is 13.1 Å². The summed E-state index contributed by atoms with van der Waals surface area (Å²) >= 11 is 0. The second-order valence-corrected chi connectivity index (χ2v) is 8.69. The van der Waals surface area contributed by atoms with Crippen molar-refractivity contribution in [3.8, 4) is 5.75 Å². The molecule has 0 saturated carbocycles. The monoisotopic (exact) mass is 446 g/mol. The maximum absolute atomic E-state index is 12.2. The van der Waals surface area contributed by atoms with Crippen molar-refractivity contribution in [2.75, 3.05) is 23.7 Å². The predicted octanol–water partition coefficient (Wildman–Crippen LogP) is 0.748. The Morgan fingerprint density at radius 2 is 1.77 bits per heavy atom. The summed E-state index contributed by atoms with van der Waals surface area (Å²) in [5, 5.41) is 7.59. The molecule has 3 amide bonds. The van der Waals surface area contributed by atoms with Crippen LogP contribution in [-0.2, 0) is 24.4 Å². The van der Waals surface area contributed by atoms with Gasteiger partial charge in [-0.1, -0.05) is 17.7 Å². The first-order valence-corrected chi connectivity index (χ1v) is 10.9. The number of amides is 3. The molecular formula is C20H22N4O6S. The number of carbonyl (C=O) groups excluding carboxylic acids is 3. The van der Waals surface area contributed by atoms with Gasteiger partial charge in [-0.3, -0.25) is 14.4 Å². The van der Waals surface area contributed by atoms with E-state index in [1.807, 2.05) is 6.92 Å². The quantitative estimate of drug-likeness (QED) is 0.494. The molecule has 0 saturated heterocycles. The zero-order valence-corrected chi connectivity index (χ0v) is 17.7. The lowest BCUT2D eigenvalue weighted by molar-refractivity contribution is -0.123. The van der Waals surface area contributed by atoms with Gasteiger partial charge in [-0.05, 0) is 44.2 Å². The Morgan fingerprint density at radius 3 is 2.48 bits per heavy atom. The predicted molar refractivity (Wildman–Crippen MR) is 113 cm³/mol. The summed E-state index contributed by atoms with van der Waals surface area (Å²) in [7, 11) is -3.83. The van der Waals surface area contributed by atoms with Crippen molar-refractivity contribution in [3.05, 3.63) is 48.0 Å². The van der Waals surface area contributed by atoms with E-state index in [1.165, 1.54) is 18.2 Å². The molecule has 1 heterocycles. The van der Waals surface area contributed by atoms with Crippen molar-refractivity contribution in [3.63, 3.8) is 0 Å². The van der Waals surface area contributed by atoms with E-state index in [4.69, 9.17) is 4.74 Å². The third-order valence-corrected chi connectivity index (χ3v) is 5.81. The Kier molecular flexibility index (Phi) is 6.56. The molecule has 4 N–H and O–H groups in total. The van der Waals surface area contributed by atoms with Gasteiger partial charge in [0.05, 0.1) is 23.7 Å². The second-order valence-electron chi connectivity index (χ2n) is 6.92. The lowest BCUT2D eigenvalue weighted by Crippen LogP contribution is -2.40. The van der Waals surface area contributed by atoms with Crippen molar-refractivity contribution < 1.29 is 27.5 Å². The summed E-state index contributed by atoms with van der Waals surface area (Å²) < 4.78 is 32.0. The summed E-state index contributed by atoms with van der Waals surface area (Å²) in [4.78, 5) is 35.7. The van der Waals surface area contributed by atoms with Crippen LogP contribution in [0.5, 0.6) is 5.75 Å². The van der Waals surface area contributed by atoms with Gasteiger partial charge in [0.2, 0.25) is 21.8 Å². The maximum atomic E-state index is 12.2. The van der Waals surface area contributed by atoms with Crippen LogP contribution in [0.1, 0.15) is 12.5 Å². The number of hydrogen-bond acceptors (Lipinski definition) is 6. The topological polar surface area (TPSA) is 143 Å². The summed E-state index contributed by atoms with van der Waals surface area (Å²) in [5.41, 5.74) is 1.73. The number of carbonyl (C=O) groups is 3. The van der Waals surface area contributed by atoms with Gasteiger partial charge in [-0.15, -0.1) is 0 Å². The minimum Gasteiger partial charge on any atom is -0.479 e. The van der Waals surface area contributed by atoms with Crippen LogP contribution in [-0.4, -0.2) is 45.3 Å². The Labute approximate surface area is 179 Å². The Balaban J connectivity index is 1.47. The van der Waals surface area contributed by atoms with E-state index in [0.29, 0.717) is 17.1 Å². The fourth-order valence-electron chi connectivity index (χ4n) is 2.69. The molecule has 0 unspecified atom stereocenters. The molecule has 10 nitrogen and oxygen atoms in total. The van der Waals surface area contributed by atoms with Crippen LogP contribution in [0.2, 0.25) is 0 Å². The lowest BCUT2D eigenvalue weighted by atomic mass is 10.2. The Hall–Kier alpha value is -3.44. The molecular weight excluding hydrogens is 424 g/mol. The molecule has 0 bridgehead atoms. The third-order valence-electron chi connectivity index (χ3n) is 4.39. The number of anilines is 2. The molecule has 31 heavy (non-hydrogen) atoms. The minimum atomic E-state index is -3.83. The second kappa shape index (κ2) is 9.14. The van der Waals surface area contributed by atoms with E-state index in [9.17, 15) is 22.8 Å². The van der Waals surface area contributed by atoms with Crippen LogP contribution >= 0.6 is 0 Å². The van der Waals surface area contributed by atoms with Crippen molar-refractivity contribution in [1.82, 2.24) is 10.0 Å². The van der Waals surface area contributed by atoms with Crippen LogP contribution in [0.3, 0.4) is 0 Å². The summed E-state index contributed by atoms with van der Waals surface area (Å²) in [6.07, 6.45) is -0.605. The molecule has 2 aromatic rings. The molecule has 11 heteroatoms. The van der Waals surface area contributed by atoms with Gasteiger partial charge in [0.25, 0.3) is 5.91 Å². The number of nitrogens with one attached hydrogen (secondary N) is 4. The van der Waals surface area contributed by atoms with Gasteiger partial charge in [-0.2, -0.15) is 0 Å². The zero-order chi connectivity index (χ0) is 22.6. The molecule has 1 aliphatic rings. The van der Waals surface area contributed by atoms with Gasteiger partial charge < -0.3 is 20.7 Å². The van der Waals surface area contributed by atoms with Crippen LogP contribution in [0.25, 0.3) is 0 Å². The standard InChI is InChI=1S/C20H22N4O6S/c1-12-3-6-15(7-4-12)31(28,29)22-11-18(25)21-10-19(26)23-14-5-8-17-16(9-14)24-20(27)13(2)30-17/h3-9,13,22H,10-11H2,1-2H3,(H,21,25)(H,23,26)(H,24,27)/t13-/m0/s1. The van der Waals surface area contributed by atoms with Crippen LogP contribution in [0, 0.1) is 6.92 Å². The summed E-state index contributed by atoms with van der Waals surface area (Å²) in [6.45, 7) is 2.58. The SMILES string of the molecule is Cc1ccc(S(=O)(=O)NCC(=O)NCC(=O)Nc2ccc3c(c2)NC(=O)[C@H](C)O3)cc1. The molecule has 0 spiro atoms. The van der Waals surface area contributed by atoms with Gasteiger partial charge >= 0.3 is 0 Å². The fraction of sp³-hybridized carbons (Fsp3) is 0.250. The molecule has 0 radical (unpaired) electrons. The van der Waals surface area contributed by atoms with E-state index in [-0.39, 0.29) is 17.3 Å². The first-order chi connectivity index (χ1) is 14.6. The van der Waals surface area contributed by atoms with Crippen molar-refractivity contribution in [1.29, 1.82) is 0 Å². The van der Waals surface area contributed by atoms with Crippen LogP contribution < -0.4 is 25.4 Å². The number of ether oxygens (including phenoxy) is 1. The molecule has 0 aromatic heterocycles. The average molecular weight is 446 g/mol. The average Bonchev–Trinajstić information content (AvgIpc) is 2.72. The van der Waals surface area contributed by atoms with Gasteiger partial charge in [0, 0.05) is 5.69 Å². The lowest BCUT2D eigenvalue weighted by Gasteiger charge is -2.23. The first-order valence-electron chi connectivity index (χ1n) is 9.38. The summed E-state index contributed by atoms with van der Waals surface area (Å²) in [5.74, 6) is -0.993. The van der Waals surface area contributed by atoms with E-state index in [2.05, 4.69) is 20.7 Å². The van der Waals surface area contributed by atoms with Crippen molar-refractivity contribution >= 4 is 39.1 Å². The van der Waals surface area contributed by atoms with E-state index < -0.39 is 34.5 Å².